The molecule has 0 aliphatic carbocycles. The summed E-state index contributed by atoms with van der Waals surface area (Å²) in [5, 5.41) is 15.6. The largest absolute Gasteiger partial charge is 0.339 e. The third-order valence-electron chi connectivity index (χ3n) is 2.83. The zero-order valence-electron chi connectivity index (χ0n) is 11.6. The van der Waals surface area contributed by atoms with Crippen molar-refractivity contribution in [3.8, 4) is 0 Å². The molecule has 3 aromatic rings. The van der Waals surface area contributed by atoms with E-state index in [4.69, 9.17) is 34.8 Å². The number of halogens is 3. The number of nitrogens with one attached hydrogen (secondary N) is 2. The summed E-state index contributed by atoms with van der Waals surface area (Å²) in [5.74, 6) is 0.830. The summed E-state index contributed by atoms with van der Waals surface area (Å²) in [4.78, 5) is 4.33. The van der Waals surface area contributed by atoms with Gasteiger partial charge in [-0.1, -0.05) is 40.9 Å². The molecule has 0 aliphatic heterocycles. The molecule has 0 atom stereocenters. The first kappa shape index (κ1) is 15.8. The summed E-state index contributed by atoms with van der Waals surface area (Å²) in [7, 11) is 0. The van der Waals surface area contributed by atoms with E-state index in [2.05, 4.69) is 25.8 Å². The topological polar surface area (TPSA) is 62.7 Å². The second-order valence-electron chi connectivity index (χ2n) is 4.55. The smallest absolute Gasteiger partial charge is 0.249 e. The van der Waals surface area contributed by atoms with E-state index in [-0.39, 0.29) is 0 Å². The summed E-state index contributed by atoms with van der Waals surface area (Å²) in [6, 6.07) is 12.4. The minimum Gasteiger partial charge on any atom is -0.339 e. The standard InChI is InChI=1S/C15H10Cl3N5/c16-9-2-1-3-11(6-9)20-14-8-19-23-15(22-14)21-13-5-4-10(17)7-12(13)18/h1-8H,(H2,20,21,22,23). The van der Waals surface area contributed by atoms with Crippen LogP contribution >= 0.6 is 34.8 Å². The number of aromatic nitrogens is 3. The predicted molar refractivity (Wildman–Crippen MR) is 94.3 cm³/mol. The highest BCUT2D eigenvalue weighted by molar-refractivity contribution is 6.36. The molecule has 0 unspecified atom stereocenters. The Labute approximate surface area is 147 Å². The van der Waals surface area contributed by atoms with Crippen LogP contribution in [0, 0.1) is 0 Å². The Morgan fingerprint density at radius 1 is 0.870 bits per heavy atom. The molecule has 23 heavy (non-hydrogen) atoms. The number of anilines is 4. The third-order valence-corrected chi connectivity index (χ3v) is 3.62. The van der Waals surface area contributed by atoms with Gasteiger partial charge in [0, 0.05) is 15.7 Å². The van der Waals surface area contributed by atoms with Gasteiger partial charge in [-0.2, -0.15) is 10.1 Å². The lowest BCUT2D eigenvalue weighted by molar-refractivity contribution is 0.982. The maximum absolute atomic E-state index is 6.11. The van der Waals surface area contributed by atoms with E-state index in [1.54, 1.807) is 30.3 Å². The van der Waals surface area contributed by atoms with Crippen LogP contribution in [0.4, 0.5) is 23.1 Å². The van der Waals surface area contributed by atoms with Crippen molar-refractivity contribution in [3.05, 3.63) is 63.7 Å². The number of nitrogens with zero attached hydrogens (tertiary/aromatic N) is 3. The quantitative estimate of drug-likeness (QED) is 0.654. The Kier molecular flexibility index (Phi) is 4.81. The van der Waals surface area contributed by atoms with Gasteiger partial charge in [0.2, 0.25) is 5.95 Å². The number of rotatable bonds is 4. The summed E-state index contributed by atoms with van der Waals surface area (Å²) in [6.45, 7) is 0. The molecule has 0 bridgehead atoms. The van der Waals surface area contributed by atoms with Gasteiger partial charge in [0.05, 0.1) is 16.9 Å². The number of benzene rings is 2. The van der Waals surface area contributed by atoms with Gasteiger partial charge < -0.3 is 10.6 Å². The molecule has 3 rings (SSSR count). The van der Waals surface area contributed by atoms with Gasteiger partial charge in [-0.05, 0) is 36.4 Å². The molecule has 116 valence electrons. The van der Waals surface area contributed by atoms with Crippen LogP contribution in [0.2, 0.25) is 15.1 Å². The van der Waals surface area contributed by atoms with E-state index in [9.17, 15) is 0 Å². The molecule has 0 radical (unpaired) electrons. The van der Waals surface area contributed by atoms with Crippen molar-refractivity contribution in [3.63, 3.8) is 0 Å². The maximum Gasteiger partial charge on any atom is 0.249 e. The van der Waals surface area contributed by atoms with Gasteiger partial charge in [0.15, 0.2) is 5.82 Å². The fourth-order valence-electron chi connectivity index (χ4n) is 1.84. The average molecular weight is 367 g/mol. The van der Waals surface area contributed by atoms with E-state index in [0.29, 0.717) is 32.5 Å². The van der Waals surface area contributed by atoms with E-state index in [1.165, 1.54) is 6.20 Å². The van der Waals surface area contributed by atoms with Crippen molar-refractivity contribution >= 4 is 57.9 Å². The minimum atomic E-state index is 0.307. The van der Waals surface area contributed by atoms with Crippen LogP contribution in [0.3, 0.4) is 0 Å². The van der Waals surface area contributed by atoms with Crippen LogP contribution in [-0.2, 0) is 0 Å². The van der Waals surface area contributed by atoms with Crippen LogP contribution in [0.5, 0.6) is 0 Å². The molecule has 2 aromatic carbocycles. The molecule has 1 aromatic heterocycles. The molecular weight excluding hydrogens is 357 g/mol. The van der Waals surface area contributed by atoms with Gasteiger partial charge in [0.1, 0.15) is 0 Å². The molecule has 0 fully saturated rings. The molecule has 1 heterocycles. The molecule has 5 nitrogen and oxygen atoms in total. The normalized spacial score (nSPS) is 10.4. The van der Waals surface area contributed by atoms with Gasteiger partial charge >= 0.3 is 0 Å². The van der Waals surface area contributed by atoms with Crippen LogP contribution in [0.15, 0.2) is 48.7 Å². The Balaban J connectivity index is 1.79. The third kappa shape index (κ3) is 4.22. The molecule has 0 amide bonds. The van der Waals surface area contributed by atoms with Crippen LogP contribution < -0.4 is 10.6 Å². The highest BCUT2D eigenvalue weighted by Crippen LogP contribution is 2.27. The summed E-state index contributed by atoms with van der Waals surface area (Å²) >= 11 is 17.9. The summed E-state index contributed by atoms with van der Waals surface area (Å²) < 4.78 is 0. The van der Waals surface area contributed by atoms with Crippen molar-refractivity contribution in [2.75, 3.05) is 10.6 Å². The Bertz CT molecular complexity index is 841. The van der Waals surface area contributed by atoms with Gasteiger partial charge in [0.25, 0.3) is 0 Å². The molecular formula is C15H10Cl3N5. The number of hydrogen-bond acceptors (Lipinski definition) is 5. The molecule has 0 aliphatic rings. The minimum absolute atomic E-state index is 0.307. The second-order valence-corrected chi connectivity index (χ2v) is 5.83. The second kappa shape index (κ2) is 7.00. The first-order valence-electron chi connectivity index (χ1n) is 6.54. The average Bonchev–Trinajstić information content (AvgIpc) is 2.51. The molecule has 0 saturated heterocycles. The van der Waals surface area contributed by atoms with Crippen LogP contribution in [0.25, 0.3) is 0 Å². The van der Waals surface area contributed by atoms with Gasteiger partial charge in [-0.15, -0.1) is 5.10 Å². The van der Waals surface area contributed by atoms with Crippen molar-refractivity contribution < 1.29 is 0 Å². The molecule has 8 heteroatoms. The van der Waals surface area contributed by atoms with Crippen molar-refractivity contribution in [1.82, 2.24) is 15.2 Å². The van der Waals surface area contributed by atoms with E-state index >= 15 is 0 Å². The van der Waals surface area contributed by atoms with E-state index in [0.717, 1.165) is 5.69 Å². The summed E-state index contributed by atoms with van der Waals surface area (Å²) in [6.07, 6.45) is 1.51. The molecule has 2 N–H and O–H groups in total. The van der Waals surface area contributed by atoms with E-state index < -0.39 is 0 Å². The van der Waals surface area contributed by atoms with Gasteiger partial charge in [-0.3, -0.25) is 0 Å². The highest BCUT2D eigenvalue weighted by Gasteiger charge is 2.06. The van der Waals surface area contributed by atoms with Crippen molar-refractivity contribution in [2.45, 2.75) is 0 Å². The zero-order valence-corrected chi connectivity index (χ0v) is 13.9. The Hall–Kier alpha value is -2.08. The van der Waals surface area contributed by atoms with Crippen molar-refractivity contribution in [2.24, 2.45) is 0 Å². The molecule has 0 saturated carbocycles. The fraction of sp³-hybridized carbons (Fsp3) is 0. The van der Waals surface area contributed by atoms with E-state index in [1.807, 2.05) is 12.1 Å². The van der Waals surface area contributed by atoms with Gasteiger partial charge in [-0.25, -0.2) is 0 Å². The first-order chi connectivity index (χ1) is 11.1. The predicted octanol–water partition coefficient (Wildman–Crippen LogP) is 5.32. The SMILES string of the molecule is Clc1cccc(Nc2cnnc(Nc3ccc(Cl)cc3Cl)n2)c1. The Morgan fingerprint density at radius 3 is 2.48 bits per heavy atom. The van der Waals surface area contributed by atoms with Crippen molar-refractivity contribution in [1.29, 1.82) is 0 Å². The number of hydrogen-bond donors (Lipinski definition) is 2. The van der Waals surface area contributed by atoms with Crippen LogP contribution in [0.1, 0.15) is 0 Å². The van der Waals surface area contributed by atoms with Crippen LogP contribution in [-0.4, -0.2) is 15.2 Å². The zero-order chi connectivity index (χ0) is 16.2. The first-order valence-corrected chi connectivity index (χ1v) is 7.68. The lowest BCUT2D eigenvalue weighted by Gasteiger charge is -2.09. The summed E-state index contributed by atoms with van der Waals surface area (Å²) in [5.41, 5.74) is 1.44. The highest BCUT2D eigenvalue weighted by atomic mass is 35.5. The maximum atomic E-state index is 6.11. The Morgan fingerprint density at radius 2 is 1.70 bits per heavy atom. The lowest BCUT2D eigenvalue weighted by Crippen LogP contribution is -2.02. The fourth-order valence-corrected chi connectivity index (χ4v) is 2.49. The molecule has 0 spiro atoms. The monoisotopic (exact) mass is 365 g/mol. The lowest BCUT2D eigenvalue weighted by atomic mass is 10.3.